The Morgan fingerprint density at radius 1 is 1.42 bits per heavy atom. The van der Waals surface area contributed by atoms with Gasteiger partial charge in [0.1, 0.15) is 0 Å². The second kappa shape index (κ2) is 6.42. The lowest BCUT2D eigenvalue weighted by molar-refractivity contribution is -0.137. The molecule has 1 aromatic rings. The minimum absolute atomic E-state index is 0.116. The molecule has 106 valence electrons. The zero-order valence-corrected chi connectivity index (χ0v) is 10.4. The lowest BCUT2D eigenvalue weighted by Gasteiger charge is -2.11. The minimum atomic E-state index is -4.45. The largest absolute Gasteiger partial charge is 0.416 e. The molecule has 0 radical (unpaired) electrons. The van der Waals surface area contributed by atoms with Gasteiger partial charge in [0, 0.05) is 20.1 Å². The smallest absolute Gasteiger partial charge is 0.397 e. The van der Waals surface area contributed by atoms with Crippen LogP contribution in [-0.2, 0) is 15.7 Å². The van der Waals surface area contributed by atoms with E-state index in [0.29, 0.717) is 13.0 Å². The number of carbonyl (C=O) groups excluding carboxylic acids is 1. The fraction of sp³-hybridized carbons (Fsp3) is 0.417. The standard InChI is InChI=1S/C12H15F3N2O2/c1-19-6-2-3-11(18)17-10-5-4-8(7-9(10)16)12(13,14)15/h4-5,7H,2-3,6,16H2,1H3,(H,17,18). The van der Waals surface area contributed by atoms with E-state index in [1.54, 1.807) is 0 Å². The normalized spacial score (nSPS) is 11.4. The van der Waals surface area contributed by atoms with E-state index in [9.17, 15) is 18.0 Å². The Kier molecular flexibility index (Phi) is 5.17. The van der Waals surface area contributed by atoms with E-state index in [1.807, 2.05) is 0 Å². The van der Waals surface area contributed by atoms with E-state index < -0.39 is 11.7 Å². The summed E-state index contributed by atoms with van der Waals surface area (Å²) in [7, 11) is 1.52. The minimum Gasteiger partial charge on any atom is -0.397 e. The number of amides is 1. The molecular weight excluding hydrogens is 261 g/mol. The summed E-state index contributed by atoms with van der Waals surface area (Å²) in [6.45, 7) is 0.440. The number of nitrogens with two attached hydrogens (primary N) is 1. The van der Waals surface area contributed by atoms with Crippen molar-refractivity contribution < 1.29 is 22.7 Å². The molecule has 0 saturated heterocycles. The molecule has 0 unspecified atom stereocenters. The summed E-state index contributed by atoms with van der Waals surface area (Å²) in [6.07, 6.45) is -3.70. The molecule has 0 aliphatic carbocycles. The predicted molar refractivity (Wildman–Crippen MR) is 65.6 cm³/mol. The van der Waals surface area contributed by atoms with Crippen LogP contribution in [0.25, 0.3) is 0 Å². The fourth-order valence-corrected chi connectivity index (χ4v) is 1.44. The molecule has 1 amide bonds. The van der Waals surface area contributed by atoms with Gasteiger partial charge in [0.05, 0.1) is 16.9 Å². The number of ether oxygens (including phenoxy) is 1. The van der Waals surface area contributed by atoms with Gasteiger partial charge in [-0.15, -0.1) is 0 Å². The first-order valence-electron chi connectivity index (χ1n) is 5.60. The van der Waals surface area contributed by atoms with Crippen molar-refractivity contribution in [3.63, 3.8) is 0 Å². The number of hydrogen-bond acceptors (Lipinski definition) is 3. The number of benzene rings is 1. The predicted octanol–water partition coefficient (Wildman–Crippen LogP) is 2.65. The van der Waals surface area contributed by atoms with Crippen LogP contribution in [0.1, 0.15) is 18.4 Å². The van der Waals surface area contributed by atoms with Crippen LogP contribution >= 0.6 is 0 Å². The fourth-order valence-electron chi connectivity index (χ4n) is 1.44. The highest BCUT2D eigenvalue weighted by atomic mass is 19.4. The molecule has 0 aliphatic rings. The zero-order valence-electron chi connectivity index (χ0n) is 10.4. The van der Waals surface area contributed by atoms with Gasteiger partial charge in [0.15, 0.2) is 0 Å². The second-order valence-electron chi connectivity index (χ2n) is 3.94. The maximum absolute atomic E-state index is 12.4. The van der Waals surface area contributed by atoms with Gasteiger partial charge in [0.25, 0.3) is 0 Å². The van der Waals surface area contributed by atoms with Crippen molar-refractivity contribution in [1.29, 1.82) is 0 Å². The first-order valence-corrected chi connectivity index (χ1v) is 5.60. The number of rotatable bonds is 5. The molecule has 0 spiro atoms. The van der Waals surface area contributed by atoms with Crippen molar-refractivity contribution in [2.24, 2.45) is 0 Å². The number of hydrogen-bond donors (Lipinski definition) is 2. The number of nitrogen functional groups attached to an aromatic ring is 1. The van der Waals surface area contributed by atoms with Crippen LogP contribution in [0.5, 0.6) is 0 Å². The summed E-state index contributed by atoms with van der Waals surface area (Å²) < 4.78 is 42.0. The lowest BCUT2D eigenvalue weighted by Crippen LogP contribution is -2.14. The number of anilines is 2. The summed E-state index contributed by atoms with van der Waals surface area (Å²) >= 11 is 0. The third kappa shape index (κ3) is 4.78. The summed E-state index contributed by atoms with van der Waals surface area (Å²) in [5, 5.41) is 2.46. The van der Waals surface area contributed by atoms with Crippen LogP contribution in [0.15, 0.2) is 18.2 Å². The quantitative estimate of drug-likeness (QED) is 0.642. The molecular formula is C12H15F3N2O2. The van der Waals surface area contributed by atoms with Crippen molar-refractivity contribution in [1.82, 2.24) is 0 Å². The molecule has 0 aliphatic heterocycles. The SMILES string of the molecule is COCCCC(=O)Nc1ccc(C(F)(F)F)cc1N. The zero-order chi connectivity index (χ0) is 14.5. The Balaban J connectivity index is 2.67. The van der Waals surface area contributed by atoms with E-state index in [2.05, 4.69) is 5.32 Å². The van der Waals surface area contributed by atoms with Gasteiger partial charge in [0.2, 0.25) is 5.91 Å². The highest BCUT2D eigenvalue weighted by Gasteiger charge is 2.30. The molecule has 0 bridgehead atoms. The average molecular weight is 276 g/mol. The summed E-state index contributed by atoms with van der Waals surface area (Å²) in [4.78, 5) is 11.5. The van der Waals surface area contributed by atoms with Crippen LogP contribution in [0.2, 0.25) is 0 Å². The van der Waals surface area contributed by atoms with Crippen LogP contribution in [0.3, 0.4) is 0 Å². The van der Waals surface area contributed by atoms with E-state index in [-0.39, 0.29) is 23.7 Å². The molecule has 4 nitrogen and oxygen atoms in total. The van der Waals surface area contributed by atoms with Crippen molar-refractivity contribution in [3.05, 3.63) is 23.8 Å². The van der Waals surface area contributed by atoms with E-state index in [1.165, 1.54) is 7.11 Å². The average Bonchev–Trinajstić information content (AvgIpc) is 2.31. The third-order valence-electron chi connectivity index (χ3n) is 2.41. The van der Waals surface area contributed by atoms with Crippen LogP contribution < -0.4 is 11.1 Å². The maximum Gasteiger partial charge on any atom is 0.416 e. The summed E-state index contributed by atoms with van der Waals surface area (Å²) in [5.74, 6) is -0.316. The summed E-state index contributed by atoms with van der Waals surface area (Å²) in [6, 6.07) is 2.82. The molecule has 0 saturated carbocycles. The molecule has 0 atom stereocenters. The monoisotopic (exact) mass is 276 g/mol. The Morgan fingerprint density at radius 2 is 2.11 bits per heavy atom. The van der Waals surface area contributed by atoms with Crippen molar-refractivity contribution in [2.75, 3.05) is 24.8 Å². The van der Waals surface area contributed by atoms with Crippen LogP contribution in [-0.4, -0.2) is 19.6 Å². The van der Waals surface area contributed by atoms with Gasteiger partial charge >= 0.3 is 6.18 Å². The Morgan fingerprint density at radius 3 is 2.63 bits per heavy atom. The molecule has 0 aromatic heterocycles. The number of nitrogens with one attached hydrogen (secondary N) is 1. The number of methoxy groups -OCH3 is 1. The number of halogens is 3. The molecule has 1 aromatic carbocycles. The first-order chi connectivity index (χ1) is 8.84. The number of carbonyl (C=O) groups is 1. The number of alkyl halides is 3. The summed E-state index contributed by atoms with van der Waals surface area (Å²) in [5.41, 5.74) is 4.70. The van der Waals surface area contributed by atoms with Gasteiger partial charge in [-0.1, -0.05) is 0 Å². The van der Waals surface area contributed by atoms with Gasteiger partial charge < -0.3 is 15.8 Å². The Labute approximate surface area is 108 Å². The van der Waals surface area contributed by atoms with Gasteiger partial charge in [-0.25, -0.2) is 0 Å². The topological polar surface area (TPSA) is 64.3 Å². The van der Waals surface area contributed by atoms with E-state index in [4.69, 9.17) is 10.5 Å². The third-order valence-corrected chi connectivity index (χ3v) is 2.41. The first kappa shape index (κ1) is 15.3. The Bertz CT molecular complexity index is 447. The molecule has 1 rings (SSSR count). The second-order valence-corrected chi connectivity index (χ2v) is 3.94. The maximum atomic E-state index is 12.4. The van der Waals surface area contributed by atoms with Crippen molar-refractivity contribution in [3.8, 4) is 0 Å². The van der Waals surface area contributed by atoms with Gasteiger partial charge in [-0.05, 0) is 24.6 Å². The molecule has 19 heavy (non-hydrogen) atoms. The Hall–Kier alpha value is -1.76. The lowest BCUT2D eigenvalue weighted by atomic mass is 10.1. The van der Waals surface area contributed by atoms with Crippen molar-refractivity contribution in [2.45, 2.75) is 19.0 Å². The van der Waals surface area contributed by atoms with Gasteiger partial charge in [-0.3, -0.25) is 4.79 Å². The molecule has 7 heteroatoms. The van der Waals surface area contributed by atoms with Crippen molar-refractivity contribution >= 4 is 17.3 Å². The van der Waals surface area contributed by atoms with E-state index in [0.717, 1.165) is 18.2 Å². The molecule has 3 N–H and O–H groups in total. The highest BCUT2D eigenvalue weighted by Crippen LogP contribution is 2.32. The van der Waals surface area contributed by atoms with Crippen LogP contribution in [0, 0.1) is 0 Å². The molecule has 0 fully saturated rings. The van der Waals surface area contributed by atoms with Crippen LogP contribution in [0.4, 0.5) is 24.5 Å². The molecule has 0 heterocycles. The van der Waals surface area contributed by atoms with E-state index >= 15 is 0 Å². The van der Waals surface area contributed by atoms with Gasteiger partial charge in [-0.2, -0.15) is 13.2 Å². The highest BCUT2D eigenvalue weighted by molar-refractivity contribution is 5.93.